The molecule has 0 aliphatic heterocycles. The summed E-state index contributed by atoms with van der Waals surface area (Å²) in [5.74, 6) is 0.397. The fourth-order valence-corrected chi connectivity index (χ4v) is 2.44. The van der Waals surface area contributed by atoms with Crippen LogP contribution in [-0.4, -0.2) is 28.5 Å². The van der Waals surface area contributed by atoms with Gasteiger partial charge in [0, 0.05) is 24.0 Å². The van der Waals surface area contributed by atoms with Gasteiger partial charge in [-0.25, -0.2) is 9.97 Å². The molecule has 2 aromatic rings. The zero-order valence-corrected chi connectivity index (χ0v) is 15.1. The maximum atomic E-state index is 13.0. The van der Waals surface area contributed by atoms with Gasteiger partial charge in [0.15, 0.2) is 0 Å². The van der Waals surface area contributed by atoms with Crippen molar-refractivity contribution in [3.05, 3.63) is 47.3 Å². The molecule has 0 spiro atoms. The van der Waals surface area contributed by atoms with Gasteiger partial charge in [-0.3, -0.25) is 4.79 Å². The van der Waals surface area contributed by atoms with Gasteiger partial charge in [0.25, 0.3) is 5.91 Å². The zero-order chi connectivity index (χ0) is 17.7. The van der Waals surface area contributed by atoms with Crippen molar-refractivity contribution in [1.82, 2.24) is 9.97 Å². The largest absolute Gasteiger partial charge is 0.352 e. The van der Waals surface area contributed by atoms with E-state index in [-0.39, 0.29) is 11.9 Å². The number of amides is 1. The molecule has 1 unspecified atom stereocenters. The summed E-state index contributed by atoms with van der Waals surface area (Å²) in [7, 11) is 0. The Morgan fingerprint density at radius 2 is 1.96 bits per heavy atom. The SMILES string of the molecule is CCC(C)Nc1nc(C)cc(C(=O)N(CC)c2cccc(C)c2)n1. The number of anilines is 2. The van der Waals surface area contributed by atoms with Crippen LogP contribution in [0.1, 0.15) is 48.9 Å². The van der Waals surface area contributed by atoms with Crippen LogP contribution in [0.15, 0.2) is 30.3 Å². The predicted molar refractivity (Wildman–Crippen MR) is 98.7 cm³/mol. The monoisotopic (exact) mass is 326 g/mol. The van der Waals surface area contributed by atoms with Gasteiger partial charge < -0.3 is 10.2 Å². The Kier molecular flexibility index (Phi) is 5.90. The Labute approximate surface area is 144 Å². The molecule has 1 atom stereocenters. The second-order valence-electron chi connectivity index (χ2n) is 6.06. The van der Waals surface area contributed by atoms with Crippen LogP contribution in [-0.2, 0) is 0 Å². The first-order valence-electron chi connectivity index (χ1n) is 8.45. The quantitative estimate of drug-likeness (QED) is 0.872. The van der Waals surface area contributed by atoms with E-state index in [2.05, 4.69) is 29.1 Å². The summed E-state index contributed by atoms with van der Waals surface area (Å²) < 4.78 is 0. The molecular formula is C19H26N4O. The van der Waals surface area contributed by atoms with Gasteiger partial charge in [-0.15, -0.1) is 0 Å². The molecule has 0 saturated carbocycles. The average molecular weight is 326 g/mol. The molecule has 1 amide bonds. The number of hydrogen-bond acceptors (Lipinski definition) is 4. The van der Waals surface area contributed by atoms with Crippen LogP contribution in [0.25, 0.3) is 0 Å². The van der Waals surface area contributed by atoms with Crippen molar-refractivity contribution in [2.45, 2.75) is 47.1 Å². The number of benzene rings is 1. The second kappa shape index (κ2) is 7.90. The smallest absolute Gasteiger partial charge is 0.277 e. The van der Waals surface area contributed by atoms with E-state index in [1.165, 1.54) is 0 Å². The summed E-state index contributed by atoms with van der Waals surface area (Å²) in [4.78, 5) is 23.5. The van der Waals surface area contributed by atoms with Gasteiger partial charge >= 0.3 is 0 Å². The Balaban J connectivity index is 2.33. The molecule has 1 aromatic heterocycles. The summed E-state index contributed by atoms with van der Waals surface area (Å²) in [6.45, 7) is 10.6. The number of nitrogens with one attached hydrogen (secondary N) is 1. The molecule has 0 fully saturated rings. The van der Waals surface area contributed by atoms with E-state index in [0.29, 0.717) is 18.2 Å². The van der Waals surface area contributed by atoms with Gasteiger partial charge in [0.2, 0.25) is 5.95 Å². The molecule has 0 radical (unpaired) electrons. The van der Waals surface area contributed by atoms with Gasteiger partial charge in [-0.1, -0.05) is 19.1 Å². The van der Waals surface area contributed by atoms with E-state index >= 15 is 0 Å². The molecule has 128 valence electrons. The molecule has 1 aromatic carbocycles. The highest BCUT2D eigenvalue weighted by Crippen LogP contribution is 2.19. The highest BCUT2D eigenvalue weighted by atomic mass is 16.2. The van der Waals surface area contributed by atoms with E-state index in [9.17, 15) is 4.79 Å². The van der Waals surface area contributed by atoms with Gasteiger partial charge in [-0.05, 0) is 57.9 Å². The van der Waals surface area contributed by atoms with E-state index in [1.54, 1.807) is 11.0 Å². The summed E-state index contributed by atoms with van der Waals surface area (Å²) in [5, 5.41) is 3.24. The molecule has 0 bridgehead atoms. The third-order valence-corrected chi connectivity index (χ3v) is 3.94. The normalized spacial score (nSPS) is 11.9. The van der Waals surface area contributed by atoms with Gasteiger partial charge in [0.1, 0.15) is 5.69 Å². The Morgan fingerprint density at radius 3 is 2.58 bits per heavy atom. The number of carbonyl (C=O) groups is 1. The highest BCUT2D eigenvalue weighted by molar-refractivity contribution is 6.05. The van der Waals surface area contributed by atoms with Gasteiger partial charge in [0.05, 0.1) is 0 Å². The maximum absolute atomic E-state index is 13.0. The van der Waals surface area contributed by atoms with E-state index < -0.39 is 0 Å². The maximum Gasteiger partial charge on any atom is 0.277 e. The van der Waals surface area contributed by atoms with Crippen molar-refractivity contribution in [2.24, 2.45) is 0 Å². The van der Waals surface area contributed by atoms with E-state index in [1.807, 2.05) is 45.0 Å². The summed E-state index contributed by atoms with van der Waals surface area (Å²) in [6, 6.07) is 9.93. The summed E-state index contributed by atoms with van der Waals surface area (Å²) in [6.07, 6.45) is 0.963. The molecule has 5 nitrogen and oxygen atoms in total. The first kappa shape index (κ1) is 17.9. The van der Waals surface area contributed by atoms with Crippen LogP contribution in [0.3, 0.4) is 0 Å². The molecule has 2 rings (SSSR count). The predicted octanol–water partition coefficient (Wildman–Crippen LogP) is 3.97. The lowest BCUT2D eigenvalue weighted by atomic mass is 10.2. The number of nitrogens with zero attached hydrogens (tertiary/aromatic N) is 3. The third kappa shape index (κ3) is 4.31. The molecule has 0 aliphatic carbocycles. The lowest BCUT2D eigenvalue weighted by Crippen LogP contribution is -2.32. The van der Waals surface area contributed by atoms with Crippen LogP contribution in [0.2, 0.25) is 0 Å². The van der Waals surface area contributed by atoms with Crippen molar-refractivity contribution in [3.63, 3.8) is 0 Å². The van der Waals surface area contributed by atoms with Crippen molar-refractivity contribution < 1.29 is 4.79 Å². The second-order valence-corrected chi connectivity index (χ2v) is 6.06. The minimum absolute atomic E-state index is 0.110. The minimum atomic E-state index is -0.110. The van der Waals surface area contributed by atoms with Crippen LogP contribution >= 0.6 is 0 Å². The first-order valence-corrected chi connectivity index (χ1v) is 8.45. The Bertz CT molecular complexity index is 714. The van der Waals surface area contributed by atoms with Crippen molar-refractivity contribution in [2.75, 3.05) is 16.8 Å². The summed E-state index contributed by atoms with van der Waals surface area (Å²) >= 11 is 0. The Hall–Kier alpha value is -2.43. The highest BCUT2D eigenvalue weighted by Gasteiger charge is 2.19. The number of hydrogen-bond donors (Lipinski definition) is 1. The number of aryl methyl sites for hydroxylation is 2. The van der Waals surface area contributed by atoms with Gasteiger partial charge in [-0.2, -0.15) is 0 Å². The average Bonchev–Trinajstić information content (AvgIpc) is 2.54. The molecule has 0 aliphatic rings. The van der Waals surface area contributed by atoms with Crippen molar-refractivity contribution in [3.8, 4) is 0 Å². The lowest BCUT2D eigenvalue weighted by molar-refractivity contribution is 0.0983. The standard InChI is InChI=1S/C19H26N4O/c1-6-14(4)20-19-21-15(5)12-17(22-19)18(24)23(7-2)16-10-8-9-13(3)11-16/h8-12,14H,6-7H2,1-5H3,(H,20,21,22). The number of rotatable bonds is 6. The molecule has 1 N–H and O–H groups in total. The van der Waals surface area contributed by atoms with E-state index in [0.717, 1.165) is 23.4 Å². The van der Waals surface area contributed by atoms with Crippen molar-refractivity contribution >= 4 is 17.5 Å². The summed E-state index contributed by atoms with van der Waals surface area (Å²) in [5.41, 5.74) is 3.20. The molecule has 5 heteroatoms. The van der Waals surface area contributed by atoms with Crippen LogP contribution in [0.5, 0.6) is 0 Å². The molecule has 24 heavy (non-hydrogen) atoms. The Morgan fingerprint density at radius 1 is 1.21 bits per heavy atom. The van der Waals surface area contributed by atoms with E-state index in [4.69, 9.17) is 0 Å². The third-order valence-electron chi connectivity index (χ3n) is 3.94. The number of aromatic nitrogens is 2. The number of carbonyl (C=O) groups excluding carboxylic acids is 1. The topological polar surface area (TPSA) is 58.1 Å². The first-order chi connectivity index (χ1) is 11.4. The zero-order valence-electron chi connectivity index (χ0n) is 15.1. The fraction of sp³-hybridized carbons (Fsp3) is 0.421. The molecule has 1 heterocycles. The lowest BCUT2D eigenvalue weighted by Gasteiger charge is -2.21. The minimum Gasteiger partial charge on any atom is -0.352 e. The van der Waals surface area contributed by atoms with Crippen LogP contribution < -0.4 is 10.2 Å². The van der Waals surface area contributed by atoms with Crippen LogP contribution in [0, 0.1) is 13.8 Å². The molecular weight excluding hydrogens is 300 g/mol. The molecule has 0 saturated heterocycles. The van der Waals surface area contributed by atoms with Crippen LogP contribution in [0.4, 0.5) is 11.6 Å². The fourth-order valence-electron chi connectivity index (χ4n) is 2.44. The van der Waals surface area contributed by atoms with Crippen molar-refractivity contribution in [1.29, 1.82) is 0 Å².